The molecule has 0 aliphatic carbocycles. The molecule has 1 aromatic heterocycles. The number of benzene rings is 1. The fourth-order valence-electron chi connectivity index (χ4n) is 2.27. The van der Waals surface area contributed by atoms with Crippen molar-refractivity contribution in [3.63, 3.8) is 0 Å². The van der Waals surface area contributed by atoms with Crippen molar-refractivity contribution in [2.45, 2.75) is 32.2 Å². The van der Waals surface area contributed by atoms with Gasteiger partial charge >= 0.3 is 0 Å². The molecule has 1 amide bonds. The van der Waals surface area contributed by atoms with E-state index in [1.807, 2.05) is 31.2 Å². The van der Waals surface area contributed by atoms with E-state index in [2.05, 4.69) is 10.2 Å². The molecule has 7 heteroatoms. The van der Waals surface area contributed by atoms with Crippen LogP contribution in [0.5, 0.6) is 0 Å². The van der Waals surface area contributed by atoms with E-state index in [0.29, 0.717) is 12.8 Å². The Labute approximate surface area is 127 Å². The van der Waals surface area contributed by atoms with Gasteiger partial charge in [0, 0.05) is 17.8 Å². The first-order chi connectivity index (χ1) is 10.5. The van der Waals surface area contributed by atoms with Crippen molar-refractivity contribution in [3.05, 3.63) is 46.2 Å². The lowest BCUT2D eigenvalue weighted by Crippen LogP contribution is -2.34. The second-order valence-electron chi connectivity index (χ2n) is 5.13. The molecule has 0 saturated carbocycles. The van der Waals surface area contributed by atoms with Gasteiger partial charge in [0.05, 0.1) is 12.9 Å². The normalized spacial score (nSPS) is 12.0. The molecular weight excluding hydrogens is 288 g/mol. The summed E-state index contributed by atoms with van der Waals surface area (Å²) in [5.41, 5.74) is 1.95. The molecule has 0 radical (unpaired) electrons. The van der Waals surface area contributed by atoms with Crippen molar-refractivity contribution in [1.29, 1.82) is 0 Å². The monoisotopic (exact) mass is 306 g/mol. The number of nitrogens with one attached hydrogen (secondary N) is 1. The third-order valence-corrected chi connectivity index (χ3v) is 3.21. The number of furan rings is 1. The van der Waals surface area contributed by atoms with Crippen LogP contribution in [0, 0.1) is 10.1 Å². The van der Waals surface area contributed by atoms with Crippen LogP contribution in [0.25, 0.3) is 11.0 Å². The minimum Gasteiger partial charge on any atom is -0.464 e. The Bertz CT molecular complexity index is 652. The van der Waals surface area contributed by atoms with Crippen LogP contribution in [0.2, 0.25) is 0 Å². The van der Waals surface area contributed by atoms with E-state index >= 15 is 0 Å². The molecule has 2 aromatic rings. The fraction of sp³-hybridized carbons (Fsp3) is 0.400. The lowest BCUT2D eigenvalue weighted by Gasteiger charge is -2.14. The Kier molecular flexibility index (Phi) is 5.35. The average molecular weight is 306 g/mol. The number of amides is 1. The summed E-state index contributed by atoms with van der Waals surface area (Å²) in [6.45, 7) is 1.86. The summed E-state index contributed by atoms with van der Waals surface area (Å²) in [5.74, 6) is -0.135. The second-order valence-corrected chi connectivity index (χ2v) is 5.13. The molecule has 0 unspecified atom stereocenters. The molecule has 0 fully saturated rings. The molecular formula is C15H18N2O5. The van der Waals surface area contributed by atoms with Crippen LogP contribution in [0.15, 0.2) is 34.9 Å². The maximum Gasteiger partial charge on any atom is 0.294 e. The Morgan fingerprint density at radius 1 is 1.45 bits per heavy atom. The molecule has 1 atom stereocenters. The minimum absolute atomic E-state index is 0.0201. The van der Waals surface area contributed by atoms with Gasteiger partial charge < -0.3 is 14.6 Å². The number of rotatable bonds is 8. The molecule has 0 bridgehead atoms. The van der Waals surface area contributed by atoms with Gasteiger partial charge in [-0.2, -0.15) is 0 Å². The maximum atomic E-state index is 11.7. The van der Waals surface area contributed by atoms with Gasteiger partial charge in [0.1, 0.15) is 5.58 Å². The number of carbonyl (C=O) groups is 1. The van der Waals surface area contributed by atoms with E-state index < -0.39 is 5.09 Å². The molecule has 0 aliphatic heterocycles. The highest BCUT2D eigenvalue weighted by molar-refractivity contribution is 5.78. The van der Waals surface area contributed by atoms with Crippen molar-refractivity contribution in [2.75, 3.05) is 6.61 Å². The van der Waals surface area contributed by atoms with Crippen molar-refractivity contribution in [2.24, 2.45) is 0 Å². The zero-order valence-corrected chi connectivity index (χ0v) is 12.3. The highest BCUT2D eigenvalue weighted by atomic mass is 16.9. The molecule has 22 heavy (non-hydrogen) atoms. The van der Waals surface area contributed by atoms with E-state index in [1.165, 1.54) is 0 Å². The van der Waals surface area contributed by atoms with Gasteiger partial charge in [-0.15, -0.1) is 10.1 Å². The molecule has 118 valence electrons. The highest BCUT2D eigenvalue weighted by Gasteiger charge is 2.09. The van der Waals surface area contributed by atoms with Gasteiger partial charge in [0.2, 0.25) is 5.91 Å². The van der Waals surface area contributed by atoms with Crippen molar-refractivity contribution in [3.8, 4) is 0 Å². The van der Waals surface area contributed by atoms with E-state index in [0.717, 1.165) is 16.5 Å². The Balaban J connectivity index is 1.75. The van der Waals surface area contributed by atoms with Crippen LogP contribution in [-0.2, 0) is 16.1 Å². The first kappa shape index (κ1) is 15.8. The van der Waals surface area contributed by atoms with Gasteiger partial charge in [-0.25, -0.2) is 0 Å². The second kappa shape index (κ2) is 7.44. The topological polar surface area (TPSA) is 94.6 Å². The Morgan fingerprint density at radius 3 is 3.05 bits per heavy atom. The van der Waals surface area contributed by atoms with E-state index in [-0.39, 0.29) is 25.0 Å². The van der Waals surface area contributed by atoms with Crippen LogP contribution in [0.3, 0.4) is 0 Å². The summed E-state index contributed by atoms with van der Waals surface area (Å²) in [6.07, 6.45) is 2.88. The zero-order chi connectivity index (χ0) is 15.9. The predicted molar refractivity (Wildman–Crippen MR) is 79.7 cm³/mol. The van der Waals surface area contributed by atoms with Crippen LogP contribution in [-0.4, -0.2) is 23.6 Å². The Hall–Kier alpha value is -2.57. The highest BCUT2D eigenvalue weighted by Crippen LogP contribution is 2.17. The zero-order valence-electron chi connectivity index (χ0n) is 12.3. The van der Waals surface area contributed by atoms with Gasteiger partial charge in [0.25, 0.3) is 5.09 Å². The summed E-state index contributed by atoms with van der Waals surface area (Å²) in [5, 5.41) is 13.0. The van der Waals surface area contributed by atoms with Gasteiger partial charge in [-0.05, 0) is 43.5 Å². The minimum atomic E-state index is -0.855. The van der Waals surface area contributed by atoms with E-state index in [4.69, 9.17) is 4.42 Å². The van der Waals surface area contributed by atoms with Crippen molar-refractivity contribution >= 4 is 16.9 Å². The van der Waals surface area contributed by atoms with Crippen molar-refractivity contribution < 1.29 is 19.1 Å². The van der Waals surface area contributed by atoms with Crippen LogP contribution in [0.4, 0.5) is 0 Å². The van der Waals surface area contributed by atoms with Crippen LogP contribution >= 0.6 is 0 Å². The lowest BCUT2D eigenvalue weighted by atomic mass is 10.1. The lowest BCUT2D eigenvalue weighted by molar-refractivity contribution is -0.757. The fourth-order valence-corrected chi connectivity index (χ4v) is 2.27. The average Bonchev–Trinajstić information content (AvgIpc) is 2.90. The SMILES string of the molecule is C[C@H](Cc1ccc2occc2c1)NC(=O)CCCO[N+](=O)[O-]. The molecule has 0 aliphatic rings. The summed E-state index contributed by atoms with van der Waals surface area (Å²) >= 11 is 0. The third-order valence-electron chi connectivity index (χ3n) is 3.21. The number of nitrogens with zero attached hydrogens (tertiary/aromatic N) is 1. The molecule has 2 rings (SSSR count). The van der Waals surface area contributed by atoms with Crippen LogP contribution in [0.1, 0.15) is 25.3 Å². The summed E-state index contributed by atoms with van der Waals surface area (Å²) < 4.78 is 5.28. The van der Waals surface area contributed by atoms with Gasteiger partial charge in [-0.3, -0.25) is 4.79 Å². The van der Waals surface area contributed by atoms with E-state index in [9.17, 15) is 14.9 Å². The summed E-state index contributed by atoms with van der Waals surface area (Å²) in [6, 6.07) is 7.80. The van der Waals surface area contributed by atoms with Gasteiger partial charge in [0.15, 0.2) is 0 Å². The molecule has 7 nitrogen and oxygen atoms in total. The number of hydrogen-bond acceptors (Lipinski definition) is 5. The first-order valence-corrected chi connectivity index (χ1v) is 7.07. The summed E-state index contributed by atoms with van der Waals surface area (Å²) in [4.78, 5) is 25.8. The largest absolute Gasteiger partial charge is 0.464 e. The quantitative estimate of drug-likeness (QED) is 0.459. The predicted octanol–water partition coefficient (Wildman–Crippen LogP) is 2.47. The van der Waals surface area contributed by atoms with Crippen LogP contribution < -0.4 is 5.32 Å². The molecule has 1 aromatic carbocycles. The smallest absolute Gasteiger partial charge is 0.294 e. The van der Waals surface area contributed by atoms with Crippen molar-refractivity contribution in [1.82, 2.24) is 5.32 Å². The number of carbonyl (C=O) groups excluding carboxylic acids is 1. The summed E-state index contributed by atoms with van der Waals surface area (Å²) in [7, 11) is 0. The molecule has 1 N–H and O–H groups in total. The maximum absolute atomic E-state index is 11.7. The third kappa shape index (κ3) is 4.76. The molecule has 0 spiro atoms. The molecule has 0 saturated heterocycles. The Morgan fingerprint density at radius 2 is 2.27 bits per heavy atom. The van der Waals surface area contributed by atoms with Gasteiger partial charge in [-0.1, -0.05) is 6.07 Å². The van der Waals surface area contributed by atoms with E-state index in [1.54, 1.807) is 6.26 Å². The molecule has 1 heterocycles. The first-order valence-electron chi connectivity index (χ1n) is 7.07. The standard InChI is InChI=1S/C15H18N2O5/c1-11(16-15(18)3-2-7-22-17(19)20)9-12-4-5-14-13(10-12)6-8-21-14/h4-6,8,10-11H,2-3,7,9H2,1H3,(H,16,18)/t11-/m1/s1. The number of hydrogen-bond donors (Lipinski definition) is 1. The number of fused-ring (bicyclic) bond motifs is 1.